The van der Waals surface area contributed by atoms with E-state index in [4.69, 9.17) is 9.29 Å². The number of aryl methyl sites for hydroxylation is 1. The minimum Gasteiger partial charge on any atom is -0.461 e. The van der Waals surface area contributed by atoms with Crippen LogP contribution < -0.4 is 4.72 Å². The van der Waals surface area contributed by atoms with Crippen molar-refractivity contribution in [2.75, 3.05) is 11.3 Å². The number of hydrogen-bond acceptors (Lipinski definition) is 3. The lowest BCUT2D eigenvalue weighted by Gasteiger charge is -2.07. The van der Waals surface area contributed by atoms with Crippen LogP contribution in [0.3, 0.4) is 0 Å². The van der Waals surface area contributed by atoms with Crippen LogP contribution in [-0.4, -0.2) is 26.3 Å². The van der Waals surface area contributed by atoms with Gasteiger partial charge in [0.1, 0.15) is 5.69 Å². The molecule has 0 saturated carbocycles. The van der Waals surface area contributed by atoms with E-state index in [1.165, 1.54) is 0 Å². The van der Waals surface area contributed by atoms with Gasteiger partial charge in [0.25, 0.3) is 11.3 Å². The summed E-state index contributed by atoms with van der Waals surface area (Å²) in [6, 6.07) is 5.31. The molecule has 0 saturated heterocycles. The highest BCUT2D eigenvalue weighted by Gasteiger charge is 2.12. The number of H-pyrrole nitrogens is 1. The lowest BCUT2D eigenvalue weighted by molar-refractivity contribution is 0.0520. The summed E-state index contributed by atoms with van der Waals surface area (Å²) >= 11 is -2.13. The van der Waals surface area contributed by atoms with Crippen molar-refractivity contribution in [2.24, 2.45) is 0 Å². The van der Waals surface area contributed by atoms with Gasteiger partial charge < -0.3 is 9.72 Å². The fraction of sp³-hybridized carbons (Fsp3) is 0.308. The molecule has 6 nitrogen and oxygen atoms in total. The smallest absolute Gasteiger partial charge is 0.354 e. The van der Waals surface area contributed by atoms with Crippen molar-refractivity contribution in [3.8, 4) is 0 Å². The first-order valence-electron chi connectivity index (χ1n) is 6.25. The second kappa shape index (κ2) is 6.06. The summed E-state index contributed by atoms with van der Waals surface area (Å²) in [6.07, 6.45) is 0.704. The predicted octanol–water partition coefficient (Wildman–Crippen LogP) is 2.46. The molecule has 1 aromatic carbocycles. The number of benzene rings is 1. The number of aromatic amines is 1. The maximum absolute atomic E-state index is 11.7. The van der Waals surface area contributed by atoms with Crippen LogP contribution in [0.2, 0.25) is 0 Å². The van der Waals surface area contributed by atoms with Gasteiger partial charge in [-0.15, -0.1) is 0 Å². The fourth-order valence-electron chi connectivity index (χ4n) is 2.03. The molecule has 0 aliphatic carbocycles. The van der Waals surface area contributed by atoms with Crippen LogP contribution in [0.15, 0.2) is 18.2 Å². The van der Waals surface area contributed by atoms with Gasteiger partial charge in [0.15, 0.2) is 0 Å². The lowest BCUT2D eigenvalue weighted by atomic mass is 10.1. The Morgan fingerprint density at radius 2 is 2.15 bits per heavy atom. The number of esters is 1. The summed E-state index contributed by atoms with van der Waals surface area (Å²) in [5.41, 5.74) is 2.54. The molecule has 0 bridgehead atoms. The quantitative estimate of drug-likeness (QED) is 0.584. The molecule has 0 amide bonds. The predicted molar refractivity (Wildman–Crippen MR) is 78.0 cm³/mol. The van der Waals surface area contributed by atoms with Crippen LogP contribution >= 0.6 is 0 Å². The average Bonchev–Trinajstić information content (AvgIpc) is 2.80. The van der Waals surface area contributed by atoms with E-state index >= 15 is 0 Å². The van der Waals surface area contributed by atoms with Crippen molar-refractivity contribution in [1.29, 1.82) is 0 Å². The first-order chi connectivity index (χ1) is 9.55. The highest BCUT2D eigenvalue weighted by Crippen LogP contribution is 2.25. The minimum absolute atomic E-state index is 0.310. The molecule has 20 heavy (non-hydrogen) atoms. The Labute approximate surface area is 118 Å². The molecule has 2 rings (SSSR count). The average molecular weight is 296 g/mol. The van der Waals surface area contributed by atoms with Crippen molar-refractivity contribution < 1.29 is 18.3 Å². The Kier molecular flexibility index (Phi) is 4.41. The molecule has 0 aliphatic heterocycles. The van der Waals surface area contributed by atoms with Gasteiger partial charge in [0.05, 0.1) is 12.3 Å². The number of nitrogens with one attached hydrogen (secondary N) is 2. The molecule has 3 N–H and O–H groups in total. The Hall–Kier alpha value is -1.86. The number of rotatable bonds is 5. The van der Waals surface area contributed by atoms with Gasteiger partial charge in [-0.1, -0.05) is 6.92 Å². The number of hydrogen-bond donors (Lipinski definition) is 3. The van der Waals surface area contributed by atoms with Crippen molar-refractivity contribution in [1.82, 2.24) is 4.98 Å². The molecular weight excluding hydrogens is 280 g/mol. The molecule has 108 valence electrons. The van der Waals surface area contributed by atoms with Gasteiger partial charge in [-0.25, -0.2) is 9.00 Å². The van der Waals surface area contributed by atoms with E-state index in [9.17, 15) is 9.00 Å². The van der Waals surface area contributed by atoms with Crippen LogP contribution in [0, 0.1) is 0 Å². The summed E-state index contributed by atoms with van der Waals surface area (Å²) in [4.78, 5) is 14.6. The van der Waals surface area contributed by atoms with E-state index in [1.807, 2.05) is 13.0 Å². The molecular formula is C13H16N2O4S. The maximum Gasteiger partial charge on any atom is 0.354 e. The Bertz CT molecular complexity index is 666. The summed E-state index contributed by atoms with van der Waals surface area (Å²) < 4.78 is 27.2. The molecule has 2 aromatic rings. The number of aromatic nitrogens is 1. The Morgan fingerprint density at radius 3 is 2.75 bits per heavy atom. The highest BCUT2D eigenvalue weighted by molar-refractivity contribution is 7.80. The second-order valence-corrected chi connectivity index (χ2v) is 4.91. The fourth-order valence-corrected chi connectivity index (χ4v) is 2.41. The van der Waals surface area contributed by atoms with Crippen LogP contribution in [0.1, 0.15) is 29.9 Å². The molecule has 1 aromatic heterocycles. The first-order valence-corrected chi connectivity index (χ1v) is 7.36. The van der Waals surface area contributed by atoms with Gasteiger partial charge in [-0.3, -0.25) is 9.27 Å². The number of fused-ring (bicyclic) bond motifs is 1. The van der Waals surface area contributed by atoms with Crippen LogP contribution in [0.5, 0.6) is 0 Å². The van der Waals surface area contributed by atoms with E-state index in [0.29, 0.717) is 29.9 Å². The van der Waals surface area contributed by atoms with E-state index in [-0.39, 0.29) is 0 Å². The van der Waals surface area contributed by atoms with Gasteiger partial charge in [0, 0.05) is 10.9 Å². The third-order valence-corrected chi connectivity index (χ3v) is 3.31. The maximum atomic E-state index is 11.7. The largest absolute Gasteiger partial charge is 0.461 e. The molecule has 0 aliphatic rings. The lowest BCUT2D eigenvalue weighted by Crippen LogP contribution is -2.04. The molecule has 1 heterocycles. The van der Waals surface area contributed by atoms with Crippen LogP contribution in [-0.2, 0) is 22.4 Å². The molecule has 1 unspecified atom stereocenters. The highest BCUT2D eigenvalue weighted by atomic mass is 32.2. The molecule has 1 atom stereocenters. The van der Waals surface area contributed by atoms with E-state index in [2.05, 4.69) is 9.71 Å². The Balaban J connectivity index is 2.46. The molecule has 0 radical (unpaired) electrons. The minimum atomic E-state index is -2.13. The molecule has 0 fully saturated rings. The summed E-state index contributed by atoms with van der Waals surface area (Å²) in [6.45, 7) is 4.00. The van der Waals surface area contributed by atoms with Gasteiger partial charge in [-0.05, 0) is 37.1 Å². The second-order valence-electron chi connectivity index (χ2n) is 4.20. The third kappa shape index (κ3) is 3.00. The van der Waals surface area contributed by atoms with Crippen molar-refractivity contribution in [3.63, 3.8) is 0 Å². The normalized spacial score (nSPS) is 12.3. The van der Waals surface area contributed by atoms with Crippen LogP contribution in [0.25, 0.3) is 10.9 Å². The van der Waals surface area contributed by atoms with Crippen molar-refractivity contribution in [2.45, 2.75) is 20.3 Å². The van der Waals surface area contributed by atoms with Crippen molar-refractivity contribution in [3.05, 3.63) is 29.5 Å². The summed E-state index contributed by atoms with van der Waals surface area (Å²) in [7, 11) is 0. The zero-order valence-electron chi connectivity index (χ0n) is 11.2. The number of anilines is 1. The standard InChI is InChI=1S/C13H16N2O4S/c1-3-8-5-9-6-12(13(16)19-4-2)14-10(9)7-11(8)15-20(17)18/h5-7,14-15H,3-4H2,1-2H3,(H,17,18). The van der Waals surface area contributed by atoms with Crippen molar-refractivity contribution >= 4 is 33.8 Å². The molecule has 0 spiro atoms. The topological polar surface area (TPSA) is 91.4 Å². The Morgan fingerprint density at radius 1 is 1.40 bits per heavy atom. The summed E-state index contributed by atoms with van der Waals surface area (Å²) in [5.74, 6) is -0.415. The van der Waals surface area contributed by atoms with Gasteiger partial charge >= 0.3 is 5.97 Å². The molecule has 7 heteroatoms. The number of carbonyl (C=O) groups is 1. The monoisotopic (exact) mass is 296 g/mol. The number of carbonyl (C=O) groups excluding carboxylic acids is 1. The zero-order valence-corrected chi connectivity index (χ0v) is 12.0. The zero-order chi connectivity index (χ0) is 14.7. The van der Waals surface area contributed by atoms with E-state index in [0.717, 1.165) is 10.9 Å². The first kappa shape index (κ1) is 14.5. The van der Waals surface area contributed by atoms with Crippen LogP contribution in [0.4, 0.5) is 5.69 Å². The van der Waals surface area contributed by atoms with Gasteiger partial charge in [-0.2, -0.15) is 0 Å². The van der Waals surface area contributed by atoms with E-state index < -0.39 is 17.2 Å². The third-order valence-electron chi connectivity index (χ3n) is 2.92. The SMILES string of the molecule is CCOC(=O)c1cc2cc(CC)c(NS(=O)O)cc2[nH]1. The van der Waals surface area contributed by atoms with Gasteiger partial charge in [0.2, 0.25) is 0 Å². The van der Waals surface area contributed by atoms with E-state index in [1.54, 1.807) is 19.1 Å². The number of ether oxygens (including phenoxy) is 1. The summed E-state index contributed by atoms with van der Waals surface area (Å²) in [5, 5.41) is 0.860.